The van der Waals surface area contributed by atoms with Gasteiger partial charge in [-0.2, -0.15) is 0 Å². The predicted molar refractivity (Wildman–Crippen MR) is 92.2 cm³/mol. The maximum Gasteiger partial charge on any atom is 0.340 e. The Morgan fingerprint density at radius 2 is 1.87 bits per heavy atom. The molecule has 0 radical (unpaired) electrons. The molecule has 0 bridgehead atoms. The molecule has 0 saturated carbocycles. The molecule has 0 atom stereocenters. The number of nitrogens with two attached hydrogens (primary N) is 1. The molecule has 1 aromatic heterocycles. The Labute approximate surface area is 135 Å². The lowest BCUT2D eigenvalue weighted by molar-refractivity contribution is 0.0527. The van der Waals surface area contributed by atoms with Crippen molar-refractivity contribution >= 4 is 16.9 Å². The maximum absolute atomic E-state index is 12.4. The Balaban J connectivity index is 2.25. The highest BCUT2D eigenvalue weighted by molar-refractivity contribution is 6.07. The fourth-order valence-corrected chi connectivity index (χ4v) is 2.98. The van der Waals surface area contributed by atoms with Gasteiger partial charge in [-0.15, -0.1) is 0 Å². The Kier molecular flexibility index (Phi) is 4.17. The molecule has 4 heteroatoms. The largest absolute Gasteiger partial charge is 0.462 e. The number of esters is 1. The van der Waals surface area contributed by atoms with Gasteiger partial charge in [-0.25, -0.2) is 4.79 Å². The van der Waals surface area contributed by atoms with Gasteiger partial charge in [0.25, 0.3) is 0 Å². The summed E-state index contributed by atoms with van der Waals surface area (Å²) in [4.78, 5) is 12.4. The van der Waals surface area contributed by atoms with Crippen molar-refractivity contribution in [1.82, 2.24) is 4.57 Å². The molecule has 0 unspecified atom stereocenters. The van der Waals surface area contributed by atoms with Crippen LogP contribution >= 0.6 is 0 Å². The van der Waals surface area contributed by atoms with Gasteiger partial charge in [0.2, 0.25) is 0 Å². The summed E-state index contributed by atoms with van der Waals surface area (Å²) in [5, 5.41) is 0.882. The summed E-state index contributed by atoms with van der Waals surface area (Å²) in [7, 11) is 1.93. The number of fused-ring (bicyclic) bond motifs is 1. The summed E-state index contributed by atoms with van der Waals surface area (Å²) in [5.41, 5.74) is 10.4. The van der Waals surface area contributed by atoms with E-state index in [-0.39, 0.29) is 5.97 Å². The zero-order chi connectivity index (χ0) is 16.4. The van der Waals surface area contributed by atoms with E-state index in [1.807, 2.05) is 41.9 Å². The molecule has 0 spiro atoms. The third-order valence-corrected chi connectivity index (χ3v) is 4.10. The SMILES string of the molecule is CCOC(=O)c1c(CN)n(C)c2ccc(-c3ccccc3)cc12. The second-order valence-electron chi connectivity index (χ2n) is 5.40. The summed E-state index contributed by atoms with van der Waals surface area (Å²) in [5.74, 6) is -0.316. The summed E-state index contributed by atoms with van der Waals surface area (Å²) in [6.07, 6.45) is 0. The molecule has 2 N–H and O–H groups in total. The van der Waals surface area contributed by atoms with Crippen molar-refractivity contribution in [3.63, 3.8) is 0 Å². The van der Waals surface area contributed by atoms with E-state index in [1.165, 1.54) is 0 Å². The van der Waals surface area contributed by atoms with Crippen molar-refractivity contribution in [2.24, 2.45) is 12.8 Å². The molecule has 0 amide bonds. The lowest BCUT2D eigenvalue weighted by Crippen LogP contribution is -2.12. The first-order chi connectivity index (χ1) is 11.2. The normalized spacial score (nSPS) is 10.9. The quantitative estimate of drug-likeness (QED) is 0.751. The van der Waals surface area contributed by atoms with Crippen LogP contribution in [0.2, 0.25) is 0 Å². The van der Waals surface area contributed by atoms with E-state index in [1.54, 1.807) is 6.92 Å². The van der Waals surface area contributed by atoms with Crippen LogP contribution < -0.4 is 5.73 Å². The average Bonchev–Trinajstić information content (AvgIpc) is 2.87. The van der Waals surface area contributed by atoms with Crippen LogP contribution in [0.5, 0.6) is 0 Å². The molecule has 4 nitrogen and oxygen atoms in total. The van der Waals surface area contributed by atoms with Crippen LogP contribution in [-0.4, -0.2) is 17.1 Å². The highest BCUT2D eigenvalue weighted by Gasteiger charge is 2.21. The van der Waals surface area contributed by atoms with Crippen molar-refractivity contribution < 1.29 is 9.53 Å². The van der Waals surface area contributed by atoms with Crippen molar-refractivity contribution in [3.8, 4) is 11.1 Å². The van der Waals surface area contributed by atoms with Crippen LogP contribution in [0.1, 0.15) is 23.0 Å². The summed E-state index contributed by atoms with van der Waals surface area (Å²) in [6.45, 7) is 2.44. The van der Waals surface area contributed by atoms with E-state index in [9.17, 15) is 4.79 Å². The van der Waals surface area contributed by atoms with Gasteiger partial charge in [0.15, 0.2) is 0 Å². The van der Waals surface area contributed by atoms with E-state index in [0.29, 0.717) is 18.7 Å². The highest BCUT2D eigenvalue weighted by atomic mass is 16.5. The lowest BCUT2D eigenvalue weighted by Gasteiger charge is -2.05. The maximum atomic E-state index is 12.4. The Bertz CT molecular complexity index is 851. The topological polar surface area (TPSA) is 57.2 Å². The van der Waals surface area contributed by atoms with E-state index >= 15 is 0 Å². The first kappa shape index (κ1) is 15.3. The molecule has 0 aliphatic rings. The van der Waals surface area contributed by atoms with Gasteiger partial charge in [-0.05, 0) is 30.2 Å². The minimum atomic E-state index is -0.316. The molecule has 0 fully saturated rings. The molecule has 23 heavy (non-hydrogen) atoms. The van der Waals surface area contributed by atoms with Crippen LogP contribution in [0, 0.1) is 0 Å². The lowest BCUT2D eigenvalue weighted by atomic mass is 10.0. The van der Waals surface area contributed by atoms with Gasteiger partial charge in [0.05, 0.1) is 12.2 Å². The first-order valence-corrected chi connectivity index (χ1v) is 7.71. The van der Waals surface area contributed by atoms with Crippen LogP contribution in [0.25, 0.3) is 22.0 Å². The molecular formula is C19H20N2O2. The third kappa shape index (κ3) is 2.62. The molecule has 1 heterocycles. The van der Waals surface area contributed by atoms with E-state index in [2.05, 4.69) is 18.2 Å². The van der Waals surface area contributed by atoms with Crippen molar-refractivity contribution in [3.05, 3.63) is 59.8 Å². The molecule has 118 valence electrons. The van der Waals surface area contributed by atoms with Gasteiger partial charge in [0, 0.05) is 30.2 Å². The van der Waals surface area contributed by atoms with Gasteiger partial charge in [-0.3, -0.25) is 0 Å². The third-order valence-electron chi connectivity index (χ3n) is 4.10. The van der Waals surface area contributed by atoms with Crippen molar-refractivity contribution in [2.75, 3.05) is 6.61 Å². The second kappa shape index (κ2) is 6.26. The molecule has 2 aromatic carbocycles. The Morgan fingerprint density at radius 3 is 2.52 bits per heavy atom. The number of hydrogen-bond acceptors (Lipinski definition) is 3. The zero-order valence-corrected chi connectivity index (χ0v) is 13.4. The summed E-state index contributed by atoms with van der Waals surface area (Å²) in [6, 6.07) is 16.2. The molecule has 0 saturated heterocycles. The Hall–Kier alpha value is -2.59. The number of aromatic nitrogens is 1. The predicted octanol–water partition coefficient (Wildman–Crippen LogP) is 3.48. The number of ether oxygens (including phenoxy) is 1. The number of nitrogens with zero attached hydrogens (tertiary/aromatic N) is 1. The van der Waals surface area contributed by atoms with Crippen molar-refractivity contribution in [1.29, 1.82) is 0 Å². The number of aryl methyl sites for hydroxylation is 1. The van der Waals surface area contributed by atoms with E-state index in [4.69, 9.17) is 10.5 Å². The minimum Gasteiger partial charge on any atom is -0.462 e. The van der Waals surface area contributed by atoms with Gasteiger partial charge >= 0.3 is 5.97 Å². The average molecular weight is 308 g/mol. The number of carbonyl (C=O) groups is 1. The van der Waals surface area contributed by atoms with Crippen LogP contribution in [0.3, 0.4) is 0 Å². The fraction of sp³-hybridized carbons (Fsp3) is 0.211. The van der Waals surface area contributed by atoms with Crippen LogP contribution in [0.15, 0.2) is 48.5 Å². The molecule has 3 rings (SSSR count). The number of benzene rings is 2. The second-order valence-corrected chi connectivity index (χ2v) is 5.40. The smallest absolute Gasteiger partial charge is 0.340 e. The summed E-state index contributed by atoms with van der Waals surface area (Å²) >= 11 is 0. The molecular weight excluding hydrogens is 288 g/mol. The summed E-state index contributed by atoms with van der Waals surface area (Å²) < 4.78 is 7.20. The van der Waals surface area contributed by atoms with Crippen molar-refractivity contribution in [2.45, 2.75) is 13.5 Å². The standard InChI is InChI=1S/C19H20N2O2/c1-3-23-19(22)18-15-11-14(13-7-5-4-6-8-13)9-10-16(15)21(2)17(18)12-20/h4-11H,3,12,20H2,1-2H3. The number of rotatable bonds is 4. The number of hydrogen-bond donors (Lipinski definition) is 1. The van der Waals surface area contributed by atoms with Crippen LogP contribution in [-0.2, 0) is 18.3 Å². The molecule has 0 aliphatic heterocycles. The van der Waals surface area contributed by atoms with Crippen LogP contribution in [0.4, 0.5) is 0 Å². The van der Waals surface area contributed by atoms with Gasteiger partial charge in [0.1, 0.15) is 0 Å². The monoisotopic (exact) mass is 308 g/mol. The Morgan fingerprint density at radius 1 is 1.13 bits per heavy atom. The fourth-order valence-electron chi connectivity index (χ4n) is 2.98. The molecule has 3 aromatic rings. The highest BCUT2D eigenvalue weighted by Crippen LogP contribution is 2.30. The minimum absolute atomic E-state index is 0.292. The van der Waals surface area contributed by atoms with Gasteiger partial charge in [-0.1, -0.05) is 36.4 Å². The van der Waals surface area contributed by atoms with E-state index < -0.39 is 0 Å². The first-order valence-electron chi connectivity index (χ1n) is 7.71. The van der Waals surface area contributed by atoms with Gasteiger partial charge < -0.3 is 15.0 Å². The zero-order valence-electron chi connectivity index (χ0n) is 13.4. The molecule has 0 aliphatic carbocycles. The van der Waals surface area contributed by atoms with E-state index in [0.717, 1.165) is 27.7 Å². The number of carbonyl (C=O) groups excluding carboxylic acids is 1.